The summed E-state index contributed by atoms with van der Waals surface area (Å²) in [5.74, 6) is 0.00397. The van der Waals surface area contributed by atoms with Crippen molar-refractivity contribution in [3.8, 4) is 5.75 Å². The first-order valence-corrected chi connectivity index (χ1v) is 6.85. The molecule has 1 heterocycles. The van der Waals surface area contributed by atoms with E-state index in [9.17, 15) is 14.7 Å². The molecule has 1 aliphatic rings. The summed E-state index contributed by atoms with van der Waals surface area (Å²) in [4.78, 5) is 25.0. The van der Waals surface area contributed by atoms with Crippen LogP contribution in [-0.2, 0) is 17.8 Å². The average Bonchev–Trinajstić information content (AvgIpc) is 2.51. The van der Waals surface area contributed by atoms with Crippen LogP contribution in [0.25, 0.3) is 0 Å². The fourth-order valence-corrected chi connectivity index (χ4v) is 2.74. The van der Waals surface area contributed by atoms with E-state index in [0.717, 1.165) is 17.4 Å². The van der Waals surface area contributed by atoms with Crippen molar-refractivity contribution in [3.63, 3.8) is 0 Å². The van der Waals surface area contributed by atoms with Crippen LogP contribution >= 0.6 is 0 Å². The molecule has 0 saturated carbocycles. The third kappa shape index (κ3) is 2.40. The first-order valence-electron chi connectivity index (χ1n) is 6.85. The molecule has 2 aromatic carbocycles. The van der Waals surface area contributed by atoms with Crippen molar-refractivity contribution in [3.05, 3.63) is 59.2 Å². The molecule has 0 radical (unpaired) electrons. The van der Waals surface area contributed by atoms with Crippen molar-refractivity contribution in [2.45, 2.75) is 19.4 Å². The first-order chi connectivity index (χ1) is 10.2. The molecule has 2 aromatic rings. The number of carbonyl (C=O) groups is 2. The number of hydrogen-bond donors (Lipinski definition) is 1. The average molecular weight is 281 g/mol. The smallest absolute Gasteiger partial charge is 0.227 e. The highest BCUT2D eigenvalue weighted by atomic mass is 16.3. The molecule has 0 spiro atoms. The standard InChI is InChI=1S/C17H15NO3/c19-11-13-6-8-15(20)17-14(13)7-9-16(21)18(17)10-12-4-2-1-3-5-12/h1-6,8,11,20H,7,9-10H2. The maximum Gasteiger partial charge on any atom is 0.227 e. The number of carbonyl (C=O) groups excluding carboxylic acids is 2. The zero-order valence-electron chi connectivity index (χ0n) is 11.5. The van der Waals surface area contributed by atoms with Crippen LogP contribution in [0.5, 0.6) is 5.75 Å². The van der Waals surface area contributed by atoms with Crippen molar-refractivity contribution >= 4 is 17.9 Å². The summed E-state index contributed by atoms with van der Waals surface area (Å²) in [5.41, 5.74) is 2.74. The van der Waals surface area contributed by atoms with Crippen molar-refractivity contribution in [2.75, 3.05) is 4.90 Å². The van der Waals surface area contributed by atoms with E-state index in [1.165, 1.54) is 6.07 Å². The summed E-state index contributed by atoms with van der Waals surface area (Å²) in [6, 6.07) is 12.7. The molecule has 1 N–H and O–H groups in total. The number of aldehydes is 1. The number of aromatic hydroxyl groups is 1. The largest absolute Gasteiger partial charge is 0.506 e. The fraction of sp³-hybridized carbons (Fsp3) is 0.176. The number of hydrogen-bond acceptors (Lipinski definition) is 3. The van der Waals surface area contributed by atoms with Crippen LogP contribution in [0.3, 0.4) is 0 Å². The highest BCUT2D eigenvalue weighted by Gasteiger charge is 2.28. The van der Waals surface area contributed by atoms with E-state index in [1.54, 1.807) is 11.0 Å². The maximum absolute atomic E-state index is 12.2. The van der Waals surface area contributed by atoms with Crippen LogP contribution < -0.4 is 4.90 Å². The predicted molar refractivity (Wildman–Crippen MR) is 79.4 cm³/mol. The van der Waals surface area contributed by atoms with E-state index < -0.39 is 0 Å². The monoisotopic (exact) mass is 281 g/mol. The molecule has 4 nitrogen and oxygen atoms in total. The molecule has 1 amide bonds. The molecule has 0 bridgehead atoms. The predicted octanol–water partition coefficient (Wildman–Crippen LogP) is 2.68. The lowest BCUT2D eigenvalue weighted by atomic mass is 9.95. The molecule has 106 valence electrons. The van der Waals surface area contributed by atoms with Gasteiger partial charge in [-0.1, -0.05) is 30.3 Å². The molecule has 0 aliphatic carbocycles. The van der Waals surface area contributed by atoms with Crippen molar-refractivity contribution in [1.29, 1.82) is 0 Å². The third-order valence-corrected chi connectivity index (χ3v) is 3.77. The molecule has 0 unspecified atom stereocenters. The minimum absolute atomic E-state index is 0.0373. The molecule has 3 rings (SSSR count). The van der Waals surface area contributed by atoms with E-state index in [2.05, 4.69) is 0 Å². The van der Waals surface area contributed by atoms with E-state index in [-0.39, 0.29) is 11.7 Å². The lowest BCUT2D eigenvalue weighted by molar-refractivity contribution is -0.119. The molecular formula is C17H15NO3. The molecular weight excluding hydrogens is 266 g/mol. The number of phenols is 1. The SMILES string of the molecule is O=Cc1ccc(O)c2c1CCC(=O)N2Cc1ccccc1. The van der Waals surface area contributed by atoms with Gasteiger partial charge in [0.25, 0.3) is 0 Å². The summed E-state index contributed by atoms with van der Waals surface area (Å²) in [7, 11) is 0. The third-order valence-electron chi connectivity index (χ3n) is 3.77. The van der Waals surface area contributed by atoms with Gasteiger partial charge in [-0.2, -0.15) is 0 Å². The van der Waals surface area contributed by atoms with Gasteiger partial charge in [0.15, 0.2) is 0 Å². The van der Waals surface area contributed by atoms with Crippen LogP contribution in [0.2, 0.25) is 0 Å². The van der Waals surface area contributed by atoms with Crippen LogP contribution in [0, 0.1) is 0 Å². The molecule has 4 heteroatoms. The van der Waals surface area contributed by atoms with Gasteiger partial charge in [0.2, 0.25) is 5.91 Å². The molecule has 0 fully saturated rings. The highest BCUT2D eigenvalue weighted by molar-refractivity contribution is 6.00. The van der Waals surface area contributed by atoms with Gasteiger partial charge in [-0.25, -0.2) is 0 Å². The van der Waals surface area contributed by atoms with Gasteiger partial charge in [0, 0.05) is 12.0 Å². The van der Waals surface area contributed by atoms with Gasteiger partial charge in [-0.3, -0.25) is 9.59 Å². The molecule has 21 heavy (non-hydrogen) atoms. The Morgan fingerprint density at radius 1 is 1.10 bits per heavy atom. The summed E-state index contributed by atoms with van der Waals surface area (Å²) < 4.78 is 0. The van der Waals surface area contributed by atoms with Gasteiger partial charge in [-0.05, 0) is 29.7 Å². The van der Waals surface area contributed by atoms with Crippen molar-refractivity contribution in [1.82, 2.24) is 0 Å². The zero-order valence-corrected chi connectivity index (χ0v) is 11.5. The number of rotatable bonds is 3. The van der Waals surface area contributed by atoms with Crippen molar-refractivity contribution in [2.24, 2.45) is 0 Å². The van der Waals surface area contributed by atoms with E-state index in [0.29, 0.717) is 30.6 Å². The fourth-order valence-electron chi connectivity index (χ4n) is 2.74. The lowest BCUT2D eigenvalue weighted by Gasteiger charge is -2.31. The number of nitrogens with zero attached hydrogens (tertiary/aromatic N) is 1. The van der Waals surface area contributed by atoms with Crippen LogP contribution in [-0.4, -0.2) is 17.3 Å². The Bertz CT molecular complexity index is 695. The topological polar surface area (TPSA) is 57.6 Å². The Balaban J connectivity index is 2.07. The molecule has 0 atom stereocenters. The molecule has 1 aliphatic heterocycles. The lowest BCUT2D eigenvalue weighted by Crippen LogP contribution is -2.35. The van der Waals surface area contributed by atoms with Crippen molar-refractivity contribution < 1.29 is 14.7 Å². The van der Waals surface area contributed by atoms with Crippen LogP contribution in [0.4, 0.5) is 5.69 Å². The second-order valence-electron chi connectivity index (χ2n) is 5.08. The van der Waals surface area contributed by atoms with Gasteiger partial charge in [-0.15, -0.1) is 0 Å². The number of fused-ring (bicyclic) bond motifs is 1. The van der Waals surface area contributed by atoms with Gasteiger partial charge in [0.05, 0.1) is 12.2 Å². The highest BCUT2D eigenvalue weighted by Crippen LogP contribution is 2.38. The minimum Gasteiger partial charge on any atom is -0.506 e. The molecule has 0 saturated heterocycles. The Morgan fingerprint density at radius 3 is 2.57 bits per heavy atom. The van der Waals surface area contributed by atoms with Crippen LogP contribution in [0.1, 0.15) is 27.9 Å². The van der Waals surface area contributed by atoms with Crippen LogP contribution in [0.15, 0.2) is 42.5 Å². The Morgan fingerprint density at radius 2 is 1.86 bits per heavy atom. The van der Waals surface area contributed by atoms with Gasteiger partial charge >= 0.3 is 0 Å². The number of amides is 1. The second-order valence-corrected chi connectivity index (χ2v) is 5.08. The van der Waals surface area contributed by atoms with E-state index in [4.69, 9.17) is 0 Å². The zero-order chi connectivity index (χ0) is 14.8. The summed E-state index contributed by atoms with van der Waals surface area (Å²) >= 11 is 0. The quantitative estimate of drug-likeness (QED) is 0.880. The summed E-state index contributed by atoms with van der Waals surface area (Å²) in [6.07, 6.45) is 1.61. The number of phenolic OH excluding ortho intramolecular Hbond substituents is 1. The Kier molecular flexibility index (Phi) is 3.44. The first kappa shape index (κ1) is 13.4. The number of anilines is 1. The Labute approximate surface area is 122 Å². The molecule has 0 aromatic heterocycles. The van der Waals surface area contributed by atoms with Gasteiger partial charge < -0.3 is 10.0 Å². The van der Waals surface area contributed by atoms with Gasteiger partial charge in [0.1, 0.15) is 12.0 Å². The van der Waals surface area contributed by atoms with E-state index in [1.807, 2.05) is 30.3 Å². The summed E-state index contributed by atoms with van der Waals surface area (Å²) in [6.45, 7) is 0.391. The maximum atomic E-state index is 12.2. The minimum atomic E-state index is -0.0373. The Hall–Kier alpha value is -2.62. The summed E-state index contributed by atoms with van der Waals surface area (Å²) in [5, 5.41) is 10.1. The second kappa shape index (κ2) is 5.40. The number of benzene rings is 2. The normalized spacial score (nSPS) is 13.9. The van der Waals surface area contributed by atoms with E-state index >= 15 is 0 Å².